The van der Waals surface area contributed by atoms with E-state index in [1.54, 1.807) is 0 Å². The van der Waals surface area contributed by atoms with Crippen LogP contribution in [0.15, 0.2) is 4.52 Å². The summed E-state index contributed by atoms with van der Waals surface area (Å²) >= 11 is 3.84. The Kier molecular flexibility index (Phi) is 4.13. The summed E-state index contributed by atoms with van der Waals surface area (Å²) in [4.78, 5) is 4.36. The van der Waals surface area contributed by atoms with Gasteiger partial charge in [0.05, 0.1) is 11.3 Å². The molecule has 0 aromatic carbocycles. The molecule has 0 aliphatic carbocycles. The Labute approximate surface area is 103 Å². The van der Waals surface area contributed by atoms with E-state index in [0.29, 0.717) is 29.2 Å². The Balaban J connectivity index is 2.03. The van der Waals surface area contributed by atoms with E-state index in [1.165, 1.54) is 5.75 Å². The van der Waals surface area contributed by atoms with E-state index in [2.05, 4.69) is 23.1 Å². The smallest absolute Gasteiger partial charge is 0.227 e. The van der Waals surface area contributed by atoms with Crippen LogP contribution in [-0.4, -0.2) is 26.9 Å². The first-order valence-electron chi connectivity index (χ1n) is 5.24. The van der Waals surface area contributed by atoms with E-state index in [4.69, 9.17) is 9.78 Å². The molecule has 2 unspecified atom stereocenters. The molecule has 1 aliphatic rings. The van der Waals surface area contributed by atoms with Crippen LogP contribution in [0.1, 0.15) is 30.3 Å². The van der Waals surface area contributed by atoms with Gasteiger partial charge in [-0.15, -0.1) is 11.8 Å². The number of aromatic nitrogens is 2. The Bertz CT molecular complexity index is 388. The number of aryl methyl sites for hydroxylation is 1. The third-order valence-corrected chi connectivity index (χ3v) is 5.46. The fourth-order valence-electron chi connectivity index (χ4n) is 1.56. The van der Waals surface area contributed by atoms with Gasteiger partial charge in [0.25, 0.3) is 0 Å². The molecule has 0 bridgehead atoms. The van der Waals surface area contributed by atoms with Crippen molar-refractivity contribution in [3.63, 3.8) is 0 Å². The number of hydrogen-bond acceptors (Lipinski definition) is 6. The third-order valence-electron chi connectivity index (χ3n) is 2.38. The summed E-state index contributed by atoms with van der Waals surface area (Å²) in [5.74, 6) is 3.71. The van der Waals surface area contributed by atoms with Gasteiger partial charge in [0.1, 0.15) is 0 Å². The van der Waals surface area contributed by atoms with Crippen LogP contribution in [0, 0.1) is 11.3 Å². The van der Waals surface area contributed by atoms with Gasteiger partial charge in [0.2, 0.25) is 5.89 Å². The Morgan fingerprint density at radius 1 is 1.50 bits per heavy atom. The maximum Gasteiger partial charge on any atom is 0.227 e. The number of nitriles is 1. The molecule has 0 saturated carbocycles. The SMILES string of the molecule is CC1SCCSC1c1noc(CCC#N)n1. The molecule has 6 heteroatoms. The molecule has 86 valence electrons. The average molecular weight is 255 g/mol. The van der Waals surface area contributed by atoms with Crippen molar-refractivity contribution >= 4 is 23.5 Å². The lowest BCUT2D eigenvalue weighted by atomic mass is 10.3. The monoisotopic (exact) mass is 255 g/mol. The zero-order chi connectivity index (χ0) is 11.4. The lowest BCUT2D eigenvalue weighted by molar-refractivity contribution is 0.373. The predicted octanol–water partition coefficient (Wildman–Crippen LogP) is 2.44. The highest BCUT2D eigenvalue weighted by molar-refractivity contribution is 8.06. The largest absolute Gasteiger partial charge is 0.339 e. The minimum absolute atomic E-state index is 0.332. The van der Waals surface area contributed by atoms with Crippen LogP contribution in [-0.2, 0) is 6.42 Å². The van der Waals surface area contributed by atoms with Gasteiger partial charge in [-0.25, -0.2) is 0 Å². The summed E-state index contributed by atoms with van der Waals surface area (Å²) in [6.07, 6.45) is 0.992. The van der Waals surface area contributed by atoms with Gasteiger partial charge in [-0.1, -0.05) is 12.1 Å². The zero-order valence-corrected chi connectivity index (χ0v) is 10.7. The second-order valence-corrected chi connectivity index (χ2v) is 6.31. The van der Waals surface area contributed by atoms with Crippen LogP contribution in [0.25, 0.3) is 0 Å². The fraction of sp³-hybridized carbons (Fsp3) is 0.700. The molecule has 2 atom stereocenters. The maximum atomic E-state index is 8.48. The molecule has 1 fully saturated rings. The standard InChI is InChI=1S/C10H13N3OS2/c1-7-9(16-6-5-15-7)10-12-8(14-13-10)3-2-4-11/h7,9H,2-3,5-6H2,1H3. The number of thioether (sulfide) groups is 2. The fourth-order valence-corrected chi connectivity index (χ4v) is 4.24. The molecule has 16 heavy (non-hydrogen) atoms. The van der Waals surface area contributed by atoms with Crippen molar-refractivity contribution in [3.05, 3.63) is 11.7 Å². The number of rotatable bonds is 3. The quantitative estimate of drug-likeness (QED) is 0.826. The molecule has 1 saturated heterocycles. The first kappa shape index (κ1) is 11.8. The molecule has 1 aromatic rings. The van der Waals surface area contributed by atoms with E-state index < -0.39 is 0 Å². The van der Waals surface area contributed by atoms with Crippen molar-refractivity contribution in [1.82, 2.24) is 10.1 Å². The van der Waals surface area contributed by atoms with Crippen LogP contribution in [0.4, 0.5) is 0 Å². The molecule has 1 aromatic heterocycles. The number of hydrogen-bond donors (Lipinski definition) is 0. The normalized spacial score (nSPS) is 25.2. The van der Waals surface area contributed by atoms with E-state index in [-0.39, 0.29) is 0 Å². The Morgan fingerprint density at radius 3 is 3.06 bits per heavy atom. The lowest BCUT2D eigenvalue weighted by Gasteiger charge is -2.24. The molecule has 1 aliphatic heterocycles. The summed E-state index contributed by atoms with van der Waals surface area (Å²) < 4.78 is 5.13. The van der Waals surface area contributed by atoms with Crippen LogP contribution in [0.3, 0.4) is 0 Å². The highest BCUT2D eigenvalue weighted by Gasteiger charge is 2.28. The Morgan fingerprint density at radius 2 is 2.31 bits per heavy atom. The molecule has 0 spiro atoms. The van der Waals surface area contributed by atoms with E-state index in [1.807, 2.05) is 23.5 Å². The van der Waals surface area contributed by atoms with Crippen molar-refractivity contribution < 1.29 is 4.52 Å². The molecule has 0 radical (unpaired) electrons. The first-order valence-corrected chi connectivity index (χ1v) is 7.33. The van der Waals surface area contributed by atoms with Crippen molar-refractivity contribution in [1.29, 1.82) is 5.26 Å². The van der Waals surface area contributed by atoms with Crippen molar-refractivity contribution in [2.24, 2.45) is 0 Å². The second kappa shape index (κ2) is 5.60. The Hall–Kier alpha value is -0.670. The maximum absolute atomic E-state index is 8.48. The summed E-state index contributed by atoms with van der Waals surface area (Å²) in [5, 5.41) is 13.4. The molecule has 0 amide bonds. The van der Waals surface area contributed by atoms with Gasteiger partial charge in [-0.2, -0.15) is 22.0 Å². The minimum atomic E-state index is 0.332. The van der Waals surface area contributed by atoms with E-state index in [9.17, 15) is 0 Å². The van der Waals surface area contributed by atoms with Crippen LogP contribution >= 0.6 is 23.5 Å². The predicted molar refractivity (Wildman–Crippen MR) is 65.4 cm³/mol. The zero-order valence-electron chi connectivity index (χ0n) is 9.05. The van der Waals surface area contributed by atoms with Crippen LogP contribution in [0.5, 0.6) is 0 Å². The molecular weight excluding hydrogens is 242 g/mol. The highest BCUT2D eigenvalue weighted by atomic mass is 32.2. The summed E-state index contributed by atoms with van der Waals surface area (Å²) in [7, 11) is 0. The molecule has 0 N–H and O–H groups in total. The van der Waals surface area contributed by atoms with Gasteiger partial charge in [0, 0.05) is 29.6 Å². The molecular formula is C10H13N3OS2. The van der Waals surface area contributed by atoms with Crippen LogP contribution < -0.4 is 0 Å². The molecule has 2 rings (SSSR count). The average Bonchev–Trinajstić information content (AvgIpc) is 2.75. The van der Waals surface area contributed by atoms with Gasteiger partial charge >= 0.3 is 0 Å². The third kappa shape index (κ3) is 2.71. The second-order valence-electron chi connectivity index (χ2n) is 3.57. The van der Waals surface area contributed by atoms with Gasteiger partial charge in [-0.3, -0.25) is 0 Å². The van der Waals surface area contributed by atoms with Crippen molar-refractivity contribution in [2.45, 2.75) is 30.3 Å². The van der Waals surface area contributed by atoms with E-state index >= 15 is 0 Å². The minimum Gasteiger partial charge on any atom is -0.339 e. The molecule has 4 nitrogen and oxygen atoms in total. The molecule has 2 heterocycles. The first-order chi connectivity index (χ1) is 7.81. The highest BCUT2D eigenvalue weighted by Crippen LogP contribution is 2.41. The summed E-state index contributed by atoms with van der Waals surface area (Å²) in [6, 6.07) is 2.08. The van der Waals surface area contributed by atoms with Gasteiger partial charge in [-0.05, 0) is 0 Å². The topological polar surface area (TPSA) is 62.7 Å². The van der Waals surface area contributed by atoms with Crippen LogP contribution in [0.2, 0.25) is 0 Å². The van der Waals surface area contributed by atoms with Crippen molar-refractivity contribution in [2.75, 3.05) is 11.5 Å². The van der Waals surface area contributed by atoms with Gasteiger partial charge in [0.15, 0.2) is 5.82 Å². The van der Waals surface area contributed by atoms with Gasteiger partial charge < -0.3 is 4.52 Å². The van der Waals surface area contributed by atoms with Crippen molar-refractivity contribution in [3.8, 4) is 6.07 Å². The number of nitrogens with zero attached hydrogens (tertiary/aromatic N) is 3. The van der Waals surface area contributed by atoms with E-state index in [0.717, 1.165) is 11.6 Å². The summed E-state index contributed by atoms with van der Waals surface area (Å²) in [6.45, 7) is 2.20. The summed E-state index contributed by atoms with van der Waals surface area (Å²) in [5.41, 5.74) is 0. The lowest BCUT2D eigenvalue weighted by Crippen LogP contribution is -2.16.